The lowest BCUT2D eigenvalue weighted by Gasteiger charge is -2.32. The molecule has 7 nitrogen and oxygen atoms in total. The van der Waals surface area contributed by atoms with Crippen molar-refractivity contribution in [3.63, 3.8) is 0 Å². The van der Waals surface area contributed by atoms with Crippen LogP contribution in [0.2, 0.25) is 0 Å². The van der Waals surface area contributed by atoms with E-state index in [-0.39, 0.29) is 6.04 Å². The number of sulfonamides is 1. The summed E-state index contributed by atoms with van der Waals surface area (Å²) >= 11 is 0. The van der Waals surface area contributed by atoms with E-state index in [9.17, 15) is 8.42 Å². The lowest BCUT2D eigenvalue weighted by molar-refractivity contribution is 0.410. The van der Waals surface area contributed by atoms with E-state index in [1.807, 2.05) is 4.90 Å². The number of aromatic nitrogens is 2. The van der Waals surface area contributed by atoms with Crippen LogP contribution in [0.4, 0.5) is 5.95 Å². The summed E-state index contributed by atoms with van der Waals surface area (Å²) in [5.74, 6) is 1.20. The van der Waals surface area contributed by atoms with E-state index >= 15 is 0 Å². The SMILES string of the molecule is COc1cnc(N2CCCC(NS(C)(=O)=O)C2)nc1. The van der Waals surface area contributed by atoms with Crippen LogP contribution >= 0.6 is 0 Å². The van der Waals surface area contributed by atoms with Gasteiger partial charge in [0.1, 0.15) is 0 Å². The molecule has 0 spiro atoms. The molecular formula is C11H18N4O3S. The van der Waals surface area contributed by atoms with Gasteiger partial charge in [0.25, 0.3) is 0 Å². The number of hydrogen-bond acceptors (Lipinski definition) is 6. The van der Waals surface area contributed by atoms with Crippen molar-refractivity contribution in [3.8, 4) is 5.75 Å². The van der Waals surface area contributed by atoms with E-state index in [2.05, 4.69) is 14.7 Å². The topological polar surface area (TPSA) is 84.4 Å². The molecule has 0 aromatic carbocycles. The van der Waals surface area contributed by atoms with Crippen molar-refractivity contribution >= 4 is 16.0 Å². The van der Waals surface area contributed by atoms with E-state index in [0.29, 0.717) is 18.2 Å². The average molecular weight is 286 g/mol. The zero-order chi connectivity index (χ0) is 13.9. The number of anilines is 1. The van der Waals surface area contributed by atoms with Crippen LogP contribution in [0.3, 0.4) is 0 Å². The van der Waals surface area contributed by atoms with Crippen LogP contribution in [0.25, 0.3) is 0 Å². The molecule has 1 atom stereocenters. The second-order valence-corrected chi connectivity index (χ2v) is 6.38. The number of ether oxygens (including phenoxy) is 1. The first-order chi connectivity index (χ1) is 8.98. The minimum atomic E-state index is -3.18. The van der Waals surface area contributed by atoms with Crippen LogP contribution in [0.5, 0.6) is 5.75 Å². The molecule has 0 amide bonds. The lowest BCUT2D eigenvalue weighted by atomic mass is 10.1. The molecule has 0 bridgehead atoms. The second kappa shape index (κ2) is 5.70. The number of piperidine rings is 1. The first-order valence-electron chi connectivity index (χ1n) is 6.06. The minimum absolute atomic E-state index is 0.0885. The standard InChI is InChI=1S/C11H18N4O3S/c1-18-10-6-12-11(13-7-10)15-5-3-4-9(8-15)14-19(2,16)17/h6-7,9,14H,3-5,8H2,1-2H3. The summed E-state index contributed by atoms with van der Waals surface area (Å²) in [5.41, 5.74) is 0. The molecule has 1 aliphatic heterocycles. The van der Waals surface area contributed by atoms with Crippen molar-refractivity contribution in [1.29, 1.82) is 0 Å². The maximum absolute atomic E-state index is 11.2. The van der Waals surface area contributed by atoms with E-state index in [4.69, 9.17) is 4.74 Å². The largest absolute Gasteiger partial charge is 0.494 e. The van der Waals surface area contributed by atoms with Gasteiger partial charge in [-0.3, -0.25) is 0 Å². The van der Waals surface area contributed by atoms with Gasteiger partial charge in [-0.25, -0.2) is 23.1 Å². The van der Waals surface area contributed by atoms with Crippen molar-refractivity contribution in [2.24, 2.45) is 0 Å². The minimum Gasteiger partial charge on any atom is -0.494 e. The van der Waals surface area contributed by atoms with E-state index in [1.165, 1.54) is 6.26 Å². The van der Waals surface area contributed by atoms with Crippen LogP contribution < -0.4 is 14.4 Å². The third kappa shape index (κ3) is 4.03. The van der Waals surface area contributed by atoms with Crippen molar-refractivity contribution in [3.05, 3.63) is 12.4 Å². The van der Waals surface area contributed by atoms with Gasteiger partial charge in [0.15, 0.2) is 5.75 Å². The van der Waals surface area contributed by atoms with Crippen LogP contribution in [0.15, 0.2) is 12.4 Å². The van der Waals surface area contributed by atoms with E-state index in [1.54, 1.807) is 19.5 Å². The molecule has 1 aromatic heterocycles. The van der Waals surface area contributed by atoms with E-state index < -0.39 is 10.0 Å². The zero-order valence-electron chi connectivity index (χ0n) is 11.0. The Hall–Kier alpha value is -1.41. The van der Waals surface area contributed by atoms with Gasteiger partial charge in [0, 0.05) is 19.1 Å². The fourth-order valence-corrected chi connectivity index (χ4v) is 2.93. The van der Waals surface area contributed by atoms with Gasteiger partial charge < -0.3 is 9.64 Å². The average Bonchev–Trinajstić information content (AvgIpc) is 2.37. The molecule has 2 rings (SSSR count). The van der Waals surface area contributed by atoms with Gasteiger partial charge in [0.2, 0.25) is 16.0 Å². The Kier molecular flexibility index (Phi) is 4.20. The van der Waals surface area contributed by atoms with Crippen LogP contribution in [-0.4, -0.2) is 50.9 Å². The summed E-state index contributed by atoms with van der Waals surface area (Å²) in [6.45, 7) is 1.41. The van der Waals surface area contributed by atoms with Gasteiger partial charge in [-0.1, -0.05) is 0 Å². The third-order valence-electron chi connectivity index (χ3n) is 2.94. The Labute approximate surface area is 113 Å². The molecule has 1 saturated heterocycles. The first-order valence-corrected chi connectivity index (χ1v) is 7.95. The summed E-state index contributed by atoms with van der Waals surface area (Å²) in [5, 5.41) is 0. The Morgan fingerprint density at radius 1 is 1.42 bits per heavy atom. The lowest BCUT2D eigenvalue weighted by Crippen LogP contribution is -2.47. The molecule has 1 aromatic rings. The molecular weight excluding hydrogens is 268 g/mol. The predicted molar refractivity (Wildman–Crippen MR) is 71.8 cm³/mol. The molecule has 1 fully saturated rings. The highest BCUT2D eigenvalue weighted by Gasteiger charge is 2.23. The number of nitrogens with zero attached hydrogens (tertiary/aromatic N) is 3. The summed E-state index contributed by atoms with van der Waals surface area (Å²) in [7, 11) is -1.62. The maximum atomic E-state index is 11.2. The molecule has 0 saturated carbocycles. The summed E-state index contributed by atoms with van der Waals surface area (Å²) in [6, 6.07) is -0.0885. The quantitative estimate of drug-likeness (QED) is 0.839. The van der Waals surface area contributed by atoms with E-state index in [0.717, 1.165) is 19.4 Å². The molecule has 8 heteroatoms. The second-order valence-electron chi connectivity index (χ2n) is 4.60. The Balaban J connectivity index is 2.03. The zero-order valence-corrected chi connectivity index (χ0v) is 11.9. The summed E-state index contributed by atoms with van der Waals surface area (Å²) in [4.78, 5) is 10.4. The molecule has 106 valence electrons. The van der Waals surface area contributed by atoms with Crippen molar-refractivity contribution in [2.45, 2.75) is 18.9 Å². The summed E-state index contributed by atoms with van der Waals surface area (Å²) in [6.07, 6.45) is 6.13. The van der Waals surface area contributed by atoms with Crippen LogP contribution in [-0.2, 0) is 10.0 Å². The highest BCUT2D eigenvalue weighted by Crippen LogP contribution is 2.17. The fraction of sp³-hybridized carbons (Fsp3) is 0.636. The number of nitrogens with one attached hydrogen (secondary N) is 1. The summed E-state index contributed by atoms with van der Waals surface area (Å²) < 4.78 is 30.1. The molecule has 19 heavy (non-hydrogen) atoms. The third-order valence-corrected chi connectivity index (χ3v) is 3.70. The normalized spacial score (nSPS) is 20.3. The molecule has 1 aliphatic rings. The smallest absolute Gasteiger partial charge is 0.225 e. The maximum Gasteiger partial charge on any atom is 0.225 e. The molecule has 1 N–H and O–H groups in total. The fourth-order valence-electron chi connectivity index (χ4n) is 2.14. The van der Waals surface area contributed by atoms with Crippen molar-refractivity contribution in [2.75, 3.05) is 31.4 Å². The highest BCUT2D eigenvalue weighted by molar-refractivity contribution is 7.88. The number of hydrogen-bond donors (Lipinski definition) is 1. The molecule has 2 heterocycles. The first kappa shape index (κ1) is 14.0. The van der Waals surface area contributed by atoms with Gasteiger partial charge >= 0.3 is 0 Å². The molecule has 1 unspecified atom stereocenters. The van der Waals surface area contributed by atoms with Crippen LogP contribution in [0.1, 0.15) is 12.8 Å². The predicted octanol–water partition coefficient (Wildman–Crippen LogP) is 0.00320. The molecule has 0 radical (unpaired) electrons. The Bertz CT molecular complexity index is 517. The van der Waals surface area contributed by atoms with Crippen molar-refractivity contribution in [1.82, 2.24) is 14.7 Å². The van der Waals surface area contributed by atoms with Gasteiger partial charge in [-0.05, 0) is 12.8 Å². The number of rotatable bonds is 4. The van der Waals surface area contributed by atoms with Gasteiger partial charge in [0.05, 0.1) is 25.8 Å². The van der Waals surface area contributed by atoms with Crippen LogP contribution in [0, 0.1) is 0 Å². The van der Waals surface area contributed by atoms with Crippen molar-refractivity contribution < 1.29 is 13.2 Å². The van der Waals surface area contributed by atoms with Gasteiger partial charge in [-0.2, -0.15) is 0 Å². The Morgan fingerprint density at radius 2 is 2.11 bits per heavy atom. The Morgan fingerprint density at radius 3 is 2.68 bits per heavy atom. The monoisotopic (exact) mass is 286 g/mol. The van der Waals surface area contributed by atoms with Gasteiger partial charge in [-0.15, -0.1) is 0 Å². The number of methoxy groups -OCH3 is 1. The highest BCUT2D eigenvalue weighted by atomic mass is 32.2. The molecule has 0 aliphatic carbocycles.